The van der Waals surface area contributed by atoms with Crippen LogP contribution in [0.4, 0.5) is 0 Å². The number of benzene rings is 1. The third-order valence-electron chi connectivity index (χ3n) is 2.46. The molecule has 2 aromatic rings. The molecule has 4 heteroatoms. The predicted molar refractivity (Wildman–Crippen MR) is 72.8 cm³/mol. The van der Waals surface area contributed by atoms with Gasteiger partial charge in [-0.05, 0) is 24.0 Å². The molecule has 0 spiro atoms. The summed E-state index contributed by atoms with van der Waals surface area (Å²) in [5.74, 6) is 0.826. The van der Waals surface area contributed by atoms with Gasteiger partial charge in [0.15, 0.2) is 0 Å². The highest BCUT2D eigenvalue weighted by Crippen LogP contribution is 2.36. The maximum Gasteiger partial charge on any atom is 0.118 e. The van der Waals surface area contributed by atoms with Crippen molar-refractivity contribution < 1.29 is 4.74 Å². The first-order valence-corrected chi connectivity index (χ1v) is 7.10. The first-order valence-electron chi connectivity index (χ1n) is 5.00. The van der Waals surface area contributed by atoms with Crippen molar-refractivity contribution in [3.63, 3.8) is 0 Å². The molecule has 0 aliphatic rings. The Hall–Kier alpha value is -1.44. The van der Waals surface area contributed by atoms with Crippen molar-refractivity contribution in [2.75, 3.05) is 13.4 Å². The number of hydrogen-bond acceptors (Lipinski definition) is 4. The Balaban J connectivity index is 2.46. The lowest BCUT2D eigenvalue weighted by Crippen LogP contribution is -1.83. The predicted octanol–water partition coefficient (Wildman–Crippen LogP) is 4.02. The van der Waals surface area contributed by atoms with Crippen LogP contribution in [0.3, 0.4) is 0 Å². The Morgan fingerprint density at radius 2 is 2.00 bits per heavy atom. The van der Waals surface area contributed by atoms with E-state index in [4.69, 9.17) is 4.74 Å². The van der Waals surface area contributed by atoms with Gasteiger partial charge in [-0.1, -0.05) is 12.1 Å². The van der Waals surface area contributed by atoms with E-state index in [9.17, 15) is 5.26 Å². The second-order valence-electron chi connectivity index (χ2n) is 3.36. The molecule has 17 heavy (non-hydrogen) atoms. The third kappa shape index (κ3) is 2.31. The standard InChI is InChI=1S/C13H11NOS2/c1-15-10-5-3-9(4-6-10)12-8-17-13(16-2)11(12)7-14/h3-6,8H,1-2H3. The molecule has 1 aromatic carbocycles. The van der Waals surface area contributed by atoms with Gasteiger partial charge < -0.3 is 4.74 Å². The number of thiophene rings is 1. The molecule has 0 saturated heterocycles. The van der Waals surface area contributed by atoms with Crippen LogP contribution in [0.25, 0.3) is 11.1 Å². The molecule has 0 atom stereocenters. The van der Waals surface area contributed by atoms with Crippen molar-refractivity contribution >= 4 is 23.1 Å². The van der Waals surface area contributed by atoms with E-state index >= 15 is 0 Å². The summed E-state index contributed by atoms with van der Waals surface area (Å²) in [6.45, 7) is 0. The molecule has 2 rings (SSSR count). The number of hydrogen-bond donors (Lipinski definition) is 0. The van der Waals surface area contributed by atoms with Gasteiger partial charge in [-0.25, -0.2) is 0 Å². The van der Waals surface area contributed by atoms with E-state index in [1.807, 2.05) is 35.9 Å². The average molecular weight is 261 g/mol. The zero-order chi connectivity index (χ0) is 12.3. The number of nitriles is 1. The molecule has 0 N–H and O–H groups in total. The van der Waals surface area contributed by atoms with Crippen LogP contribution in [0.15, 0.2) is 33.9 Å². The number of ether oxygens (including phenoxy) is 1. The quantitative estimate of drug-likeness (QED) is 0.782. The first kappa shape index (κ1) is 12.0. The molecule has 0 bridgehead atoms. The fourth-order valence-corrected chi connectivity index (χ4v) is 3.22. The van der Waals surface area contributed by atoms with Crippen LogP contribution in [-0.2, 0) is 0 Å². The fraction of sp³-hybridized carbons (Fsp3) is 0.154. The van der Waals surface area contributed by atoms with Crippen molar-refractivity contribution in [3.05, 3.63) is 35.2 Å². The largest absolute Gasteiger partial charge is 0.497 e. The second-order valence-corrected chi connectivity index (χ2v) is 5.31. The summed E-state index contributed by atoms with van der Waals surface area (Å²) in [5.41, 5.74) is 2.83. The molecule has 1 heterocycles. The average Bonchev–Trinajstić information content (AvgIpc) is 2.81. The molecule has 1 aromatic heterocycles. The van der Waals surface area contributed by atoms with Crippen LogP contribution in [0, 0.1) is 11.3 Å². The topological polar surface area (TPSA) is 33.0 Å². The van der Waals surface area contributed by atoms with Crippen LogP contribution in [0.5, 0.6) is 5.75 Å². The van der Waals surface area contributed by atoms with Crippen LogP contribution in [-0.4, -0.2) is 13.4 Å². The van der Waals surface area contributed by atoms with Gasteiger partial charge in [0.25, 0.3) is 0 Å². The number of thioether (sulfide) groups is 1. The first-order chi connectivity index (χ1) is 8.30. The molecule has 0 saturated carbocycles. The van der Waals surface area contributed by atoms with Crippen molar-refractivity contribution in [3.8, 4) is 22.9 Å². The molecule has 0 aliphatic carbocycles. The molecule has 2 nitrogen and oxygen atoms in total. The van der Waals surface area contributed by atoms with E-state index in [0.29, 0.717) is 0 Å². The zero-order valence-corrected chi connectivity index (χ0v) is 11.2. The Bertz CT molecular complexity index is 552. The second kappa shape index (κ2) is 5.26. The van der Waals surface area contributed by atoms with E-state index in [1.54, 1.807) is 30.2 Å². The van der Waals surface area contributed by atoms with Gasteiger partial charge in [0, 0.05) is 10.9 Å². The van der Waals surface area contributed by atoms with E-state index in [-0.39, 0.29) is 0 Å². The van der Waals surface area contributed by atoms with Gasteiger partial charge >= 0.3 is 0 Å². The van der Waals surface area contributed by atoms with E-state index in [2.05, 4.69) is 6.07 Å². The van der Waals surface area contributed by atoms with Gasteiger partial charge in [-0.2, -0.15) is 5.26 Å². The van der Waals surface area contributed by atoms with E-state index in [0.717, 1.165) is 26.6 Å². The van der Waals surface area contributed by atoms with Gasteiger partial charge in [-0.15, -0.1) is 23.1 Å². The highest BCUT2D eigenvalue weighted by atomic mass is 32.2. The minimum Gasteiger partial charge on any atom is -0.497 e. The lowest BCUT2D eigenvalue weighted by Gasteiger charge is -2.02. The maximum absolute atomic E-state index is 9.20. The summed E-state index contributed by atoms with van der Waals surface area (Å²) in [7, 11) is 1.64. The van der Waals surface area contributed by atoms with Crippen LogP contribution >= 0.6 is 23.1 Å². The Labute approximate surface area is 109 Å². The summed E-state index contributed by atoms with van der Waals surface area (Å²) >= 11 is 3.23. The van der Waals surface area contributed by atoms with Crippen molar-refractivity contribution in [1.29, 1.82) is 5.26 Å². The molecular weight excluding hydrogens is 250 g/mol. The fourth-order valence-electron chi connectivity index (χ4n) is 1.58. The summed E-state index contributed by atoms with van der Waals surface area (Å²) in [5, 5.41) is 11.2. The lowest BCUT2D eigenvalue weighted by molar-refractivity contribution is 0.415. The Morgan fingerprint density at radius 1 is 1.29 bits per heavy atom. The van der Waals surface area contributed by atoms with Crippen molar-refractivity contribution in [2.24, 2.45) is 0 Å². The van der Waals surface area contributed by atoms with Crippen LogP contribution < -0.4 is 4.74 Å². The summed E-state index contributed by atoms with van der Waals surface area (Å²) in [6, 6.07) is 10.1. The van der Waals surface area contributed by atoms with E-state index < -0.39 is 0 Å². The molecule has 0 radical (unpaired) electrons. The van der Waals surface area contributed by atoms with Crippen molar-refractivity contribution in [2.45, 2.75) is 4.21 Å². The highest BCUT2D eigenvalue weighted by Gasteiger charge is 2.12. The summed E-state index contributed by atoms with van der Waals surface area (Å²) in [4.78, 5) is 0. The summed E-state index contributed by atoms with van der Waals surface area (Å²) in [6.07, 6.45) is 1.99. The Kier molecular flexibility index (Phi) is 3.72. The number of nitrogens with zero attached hydrogens (tertiary/aromatic N) is 1. The molecule has 0 unspecified atom stereocenters. The monoisotopic (exact) mass is 261 g/mol. The zero-order valence-electron chi connectivity index (χ0n) is 9.56. The maximum atomic E-state index is 9.20. The van der Waals surface area contributed by atoms with E-state index in [1.165, 1.54) is 0 Å². The molecule has 0 fully saturated rings. The SMILES string of the molecule is COc1ccc(-c2csc(SC)c2C#N)cc1. The lowest BCUT2D eigenvalue weighted by atomic mass is 10.1. The normalized spacial score (nSPS) is 9.94. The summed E-state index contributed by atoms with van der Waals surface area (Å²) < 4.78 is 6.19. The van der Waals surface area contributed by atoms with Gasteiger partial charge in [0.2, 0.25) is 0 Å². The van der Waals surface area contributed by atoms with Gasteiger partial charge in [0.1, 0.15) is 11.8 Å². The van der Waals surface area contributed by atoms with Crippen LogP contribution in [0.2, 0.25) is 0 Å². The third-order valence-corrected chi connectivity index (χ3v) is 4.59. The van der Waals surface area contributed by atoms with Crippen LogP contribution in [0.1, 0.15) is 5.56 Å². The van der Waals surface area contributed by atoms with Crippen molar-refractivity contribution in [1.82, 2.24) is 0 Å². The molecule has 86 valence electrons. The molecule has 0 amide bonds. The Morgan fingerprint density at radius 3 is 2.53 bits per heavy atom. The minimum atomic E-state index is 0.771. The minimum absolute atomic E-state index is 0.771. The smallest absolute Gasteiger partial charge is 0.118 e. The molecule has 0 aliphatic heterocycles. The number of rotatable bonds is 3. The van der Waals surface area contributed by atoms with Gasteiger partial charge in [0.05, 0.1) is 16.9 Å². The highest BCUT2D eigenvalue weighted by molar-refractivity contribution is 8.00. The molecular formula is C13H11NOS2. The van der Waals surface area contributed by atoms with Gasteiger partial charge in [-0.3, -0.25) is 0 Å². The number of methoxy groups -OCH3 is 1.